The Morgan fingerprint density at radius 1 is 0.885 bits per heavy atom. The third kappa shape index (κ3) is 4.19. The lowest BCUT2D eigenvalue weighted by Gasteiger charge is -2.22. The molecule has 0 unspecified atom stereocenters. The Kier molecular flexibility index (Phi) is 5.49. The van der Waals surface area contributed by atoms with Gasteiger partial charge in [-0.1, -0.05) is 30.3 Å². The lowest BCUT2D eigenvalue weighted by Crippen LogP contribution is -2.30. The molecule has 132 valence electrons. The molecule has 3 aromatic rings. The number of carbonyl (C=O) groups excluding carboxylic acids is 2. The first-order valence-electron chi connectivity index (χ1n) is 8.21. The van der Waals surface area contributed by atoms with E-state index in [0.29, 0.717) is 30.0 Å². The molecule has 0 saturated heterocycles. The van der Waals surface area contributed by atoms with Crippen LogP contribution in [0.3, 0.4) is 0 Å². The van der Waals surface area contributed by atoms with Gasteiger partial charge in [0, 0.05) is 12.1 Å². The molecule has 0 fully saturated rings. The van der Waals surface area contributed by atoms with Crippen LogP contribution in [0.25, 0.3) is 0 Å². The van der Waals surface area contributed by atoms with Gasteiger partial charge in [-0.25, -0.2) is 4.79 Å². The van der Waals surface area contributed by atoms with Crippen LogP contribution in [0, 0.1) is 0 Å². The van der Waals surface area contributed by atoms with Gasteiger partial charge in [0.25, 0.3) is 5.91 Å². The average molecular weight is 349 g/mol. The van der Waals surface area contributed by atoms with Gasteiger partial charge in [0.05, 0.1) is 25.5 Å². The fraction of sp³-hybridized carbons (Fsp3) is 0.143. The first-order chi connectivity index (χ1) is 12.7. The van der Waals surface area contributed by atoms with Gasteiger partial charge in [0.15, 0.2) is 0 Å². The zero-order valence-electron chi connectivity index (χ0n) is 14.4. The summed E-state index contributed by atoms with van der Waals surface area (Å²) in [6.07, 6.45) is 1.59. The Morgan fingerprint density at radius 2 is 1.62 bits per heavy atom. The van der Waals surface area contributed by atoms with Gasteiger partial charge in [0.1, 0.15) is 5.76 Å². The van der Waals surface area contributed by atoms with Gasteiger partial charge < -0.3 is 14.1 Å². The Balaban J connectivity index is 1.81. The van der Waals surface area contributed by atoms with E-state index >= 15 is 0 Å². The van der Waals surface area contributed by atoms with Crippen LogP contribution >= 0.6 is 0 Å². The van der Waals surface area contributed by atoms with Gasteiger partial charge in [-0.05, 0) is 42.0 Å². The largest absolute Gasteiger partial charge is 0.467 e. The molecule has 0 bridgehead atoms. The normalized spacial score (nSPS) is 10.3. The summed E-state index contributed by atoms with van der Waals surface area (Å²) in [5.41, 5.74) is 2.00. The third-order valence-corrected chi connectivity index (χ3v) is 3.98. The molecule has 1 aromatic heterocycles. The summed E-state index contributed by atoms with van der Waals surface area (Å²) in [6.45, 7) is 0.759. The van der Waals surface area contributed by atoms with Crippen LogP contribution in [0.1, 0.15) is 32.0 Å². The maximum absolute atomic E-state index is 12.9. The van der Waals surface area contributed by atoms with Gasteiger partial charge >= 0.3 is 5.97 Å². The van der Waals surface area contributed by atoms with Gasteiger partial charge in [0.2, 0.25) is 0 Å². The van der Waals surface area contributed by atoms with Crippen LogP contribution in [-0.2, 0) is 17.8 Å². The van der Waals surface area contributed by atoms with E-state index in [-0.39, 0.29) is 11.9 Å². The summed E-state index contributed by atoms with van der Waals surface area (Å²) in [7, 11) is 1.35. The topological polar surface area (TPSA) is 59.8 Å². The van der Waals surface area contributed by atoms with Crippen molar-refractivity contribution in [3.63, 3.8) is 0 Å². The van der Waals surface area contributed by atoms with Crippen LogP contribution in [0.4, 0.5) is 0 Å². The molecule has 0 saturated carbocycles. The molecule has 2 aromatic carbocycles. The Labute approximate surface area is 151 Å². The second-order valence-corrected chi connectivity index (χ2v) is 5.80. The van der Waals surface area contributed by atoms with Crippen molar-refractivity contribution in [1.82, 2.24) is 4.90 Å². The van der Waals surface area contributed by atoms with Crippen molar-refractivity contribution < 1.29 is 18.7 Å². The van der Waals surface area contributed by atoms with Crippen molar-refractivity contribution in [1.29, 1.82) is 0 Å². The van der Waals surface area contributed by atoms with Crippen molar-refractivity contribution in [3.8, 4) is 0 Å². The molecule has 0 aliphatic heterocycles. The maximum Gasteiger partial charge on any atom is 0.337 e. The van der Waals surface area contributed by atoms with Gasteiger partial charge in [-0.3, -0.25) is 4.79 Å². The number of carbonyl (C=O) groups is 2. The molecule has 0 aliphatic carbocycles. The molecule has 0 atom stereocenters. The zero-order valence-corrected chi connectivity index (χ0v) is 14.4. The lowest BCUT2D eigenvalue weighted by atomic mass is 10.1. The second kappa shape index (κ2) is 8.16. The zero-order chi connectivity index (χ0) is 18.4. The van der Waals surface area contributed by atoms with Gasteiger partial charge in [-0.2, -0.15) is 0 Å². The van der Waals surface area contributed by atoms with Crippen molar-refractivity contribution >= 4 is 11.9 Å². The number of furan rings is 1. The molecule has 3 rings (SSSR count). The fourth-order valence-electron chi connectivity index (χ4n) is 2.64. The number of methoxy groups -OCH3 is 1. The number of esters is 1. The van der Waals surface area contributed by atoms with Crippen LogP contribution in [0.5, 0.6) is 0 Å². The predicted molar refractivity (Wildman–Crippen MR) is 96.5 cm³/mol. The SMILES string of the molecule is COC(=O)c1ccc(CN(Cc2ccco2)C(=O)c2ccccc2)cc1. The van der Waals surface area contributed by atoms with Crippen LogP contribution in [0.2, 0.25) is 0 Å². The fourth-order valence-corrected chi connectivity index (χ4v) is 2.64. The Hall–Kier alpha value is -3.34. The Morgan fingerprint density at radius 3 is 2.23 bits per heavy atom. The van der Waals surface area contributed by atoms with E-state index in [1.807, 2.05) is 36.4 Å². The van der Waals surface area contributed by atoms with Crippen molar-refractivity contribution in [2.45, 2.75) is 13.1 Å². The monoisotopic (exact) mass is 349 g/mol. The van der Waals surface area contributed by atoms with Crippen LogP contribution in [0.15, 0.2) is 77.4 Å². The van der Waals surface area contributed by atoms with E-state index in [2.05, 4.69) is 0 Å². The van der Waals surface area contributed by atoms with E-state index in [0.717, 1.165) is 5.56 Å². The molecule has 0 spiro atoms. The first-order valence-corrected chi connectivity index (χ1v) is 8.21. The van der Waals surface area contributed by atoms with Crippen LogP contribution < -0.4 is 0 Å². The van der Waals surface area contributed by atoms with E-state index < -0.39 is 0 Å². The number of benzene rings is 2. The molecule has 5 heteroatoms. The molecule has 0 radical (unpaired) electrons. The number of rotatable bonds is 6. The minimum absolute atomic E-state index is 0.0842. The van der Waals surface area contributed by atoms with Crippen molar-refractivity contribution in [2.24, 2.45) is 0 Å². The minimum atomic E-state index is -0.385. The molecule has 0 N–H and O–H groups in total. The average Bonchev–Trinajstić information content (AvgIpc) is 3.20. The summed E-state index contributed by atoms with van der Waals surface area (Å²) in [5, 5.41) is 0. The summed E-state index contributed by atoms with van der Waals surface area (Å²) in [4.78, 5) is 26.2. The molecule has 5 nitrogen and oxygen atoms in total. The van der Waals surface area contributed by atoms with E-state index in [9.17, 15) is 9.59 Å². The lowest BCUT2D eigenvalue weighted by molar-refractivity contribution is 0.0600. The van der Waals surface area contributed by atoms with E-state index in [1.165, 1.54) is 7.11 Å². The van der Waals surface area contributed by atoms with Crippen LogP contribution in [-0.4, -0.2) is 23.9 Å². The smallest absolute Gasteiger partial charge is 0.337 e. The summed E-state index contributed by atoms with van der Waals surface area (Å²) < 4.78 is 10.1. The number of hydrogen-bond donors (Lipinski definition) is 0. The number of ether oxygens (including phenoxy) is 1. The number of nitrogens with zero attached hydrogens (tertiary/aromatic N) is 1. The molecule has 1 heterocycles. The third-order valence-electron chi connectivity index (χ3n) is 3.98. The van der Waals surface area contributed by atoms with Crippen molar-refractivity contribution in [2.75, 3.05) is 7.11 Å². The molecule has 0 aliphatic rings. The molecular formula is C21H19NO4. The number of hydrogen-bond acceptors (Lipinski definition) is 4. The molecule has 1 amide bonds. The summed E-state index contributed by atoms with van der Waals surface area (Å²) >= 11 is 0. The first kappa shape index (κ1) is 17.5. The van der Waals surface area contributed by atoms with E-state index in [1.54, 1.807) is 41.5 Å². The molecule has 26 heavy (non-hydrogen) atoms. The van der Waals surface area contributed by atoms with Crippen molar-refractivity contribution in [3.05, 3.63) is 95.4 Å². The summed E-state index contributed by atoms with van der Waals surface area (Å²) in [5.74, 6) is 0.240. The molecular weight excluding hydrogens is 330 g/mol. The summed E-state index contributed by atoms with van der Waals surface area (Å²) in [6, 6.07) is 19.8. The van der Waals surface area contributed by atoms with Gasteiger partial charge in [-0.15, -0.1) is 0 Å². The highest BCUT2D eigenvalue weighted by atomic mass is 16.5. The Bertz CT molecular complexity index is 855. The standard InChI is InChI=1S/C21H19NO4/c1-25-21(24)18-11-9-16(10-12-18)14-22(15-19-8-5-13-26-19)20(23)17-6-3-2-4-7-17/h2-13H,14-15H2,1H3. The highest BCUT2D eigenvalue weighted by Crippen LogP contribution is 2.15. The maximum atomic E-state index is 12.9. The van der Waals surface area contributed by atoms with E-state index in [4.69, 9.17) is 9.15 Å². The minimum Gasteiger partial charge on any atom is -0.467 e. The number of amides is 1. The quantitative estimate of drug-likeness (QED) is 0.633. The highest BCUT2D eigenvalue weighted by Gasteiger charge is 2.18. The second-order valence-electron chi connectivity index (χ2n) is 5.80. The highest BCUT2D eigenvalue weighted by molar-refractivity contribution is 5.94. The predicted octanol–water partition coefficient (Wildman–Crippen LogP) is 3.91.